The predicted octanol–water partition coefficient (Wildman–Crippen LogP) is 5.28. The fourth-order valence-electron chi connectivity index (χ4n) is 5.13. The summed E-state index contributed by atoms with van der Waals surface area (Å²) >= 11 is 1.92. The molecule has 0 amide bonds. The maximum atomic E-state index is 5.18. The Bertz CT molecular complexity index is 920. The molecule has 29 heavy (non-hydrogen) atoms. The zero-order chi connectivity index (χ0) is 20.0. The Kier molecular flexibility index (Phi) is 5.02. The van der Waals surface area contributed by atoms with Gasteiger partial charge in [-0.3, -0.25) is 9.98 Å². The lowest BCUT2D eigenvalue weighted by atomic mass is 9.90. The minimum Gasteiger partial charge on any atom is -0.371 e. The number of benzene rings is 1. The van der Waals surface area contributed by atoms with Crippen molar-refractivity contribution in [1.29, 1.82) is 0 Å². The summed E-state index contributed by atoms with van der Waals surface area (Å²) in [5.74, 6) is 1.14. The van der Waals surface area contributed by atoms with Gasteiger partial charge in [-0.15, -0.1) is 0 Å². The van der Waals surface area contributed by atoms with Crippen molar-refractivity contribution in [2.45, 2.75) is 58.2 Å². The average Bonchev–Trinajstić information content (AvgIpc) is 3.47. The SMILES string of the molecule is CC[C@H]1CSC2=N[C@H](c3ccccn3)[C@@H](c3cc(C)c(N4CCCC4)cc3C)N21. The maximum absolute atomic E-state index is 5.18. The summed E-state index contributed by atoms with van der Waals surface area (Å²) in [6, 6.07) is 11.9. The molecule has 1 aromatic heterocycles. The van der Waals surface area contributed by atoms with Crippen LogP contribution in [0.4, 0.5) is 5.69 Å². The van der Waals surface area contributed by atoms with Crippen molar-refractivity contribution >= 4 is 22.6 Å². The van der Waals surface area contributed by atoms with E-state index >= 15 is 0 Å². The van der Waals surface area contributed by atoms with Gasteiger partial charge in [0.15, 0.2) is 5.17 Å². The molecule has 0 bridgehead atoms. The Morgan fingerprint density at radius 3 is 2.66 bits per heavy atom. The molecule has 1 aromatic carbocycles. The molecule has 0 N–H and O–H groups in total. The molecule has 152 valence electrons. The van der Waals surface area contributed by atoms with E-state index in [1.807, 2.05) is 24.0 Å². The Morgan fingerprint density at radius 1 is 1.10 bits per heavy atom. The Balaban J connectivity index is 1.59. The number of amidine groups is 1. The van der Waals surface area contributed by atoms with Gasteiger partial charge in [-0.2, -0.15) is 0 Å². The number of nitrogens with zero attached hydrogens (tertiary/aromatic N) is 4. The molecule has 0 radical (unpaired) electrons. The van der Waals surface area contributed by atoms with E-state index in [0.717, 1.165) is 17.9 Å². The number of hydrogen-bond acceptors (Lipinski definition) is 5. The molecule has 4 heterocycles. The van der Waals surface area contributed by atoms with Crippen LogP contribution in [-0.2, 0) is 0 Å². The van der Waals surface area contributed by atoms with Crippen molar-refractivity contribution in [3.63, 3.8) is 0 Å². The van der Waals surface area contributed by atoms with Crippen molar-refractivity contribution in [3.05, 3.63) is 58.9 Å². The van der Waals surface area contributed by atoms with Gasteiger partial charge in [0.25, 0.3) is 0 Å². The molecule has 0 saturated carbocycles. The van der Waals surface area contributed by atoms with E-state index in [9.17, 15) is 0 Å². The molecule has 4 nitrogen and oxygen atoms in total. The highest BCUT2D eigenvalue weighted by molar-refractivity contribution is 8.14. The summed E-state index contributed by atoms with van der Waals surface area (Å²) < 4.78 is 0. The summed E-state index contributed by atoms with van der Waals surface area (Å²) in [6.45, 7) is 9.24. The first-order valence-corrected chi connectivity index (χ1v) is 11.9. The predicted molar refractivity (Wildman–Crippen MR) is 123 cm³/mol. The minimum absolute atomic E-state index is 0.0730. The number of anilines is 1. The third-order valence-corrected chi connectivity index (χ3v) is 7.81. The standard InChI is InChI=1S/C24H30N4S/c1-4-18-15-29-24-26-22(20-9-5-6-10-25-20)23(28(18)24)19-13-17(3)21(14-16(19)2)27-11-7-8-12-27/h5-6,9-10,13-14,18,22-23H,4,7-8,11-12,15H2,1-3H3/t18-,22+,23+/m0/s1. The number of hydrogen-bond donors (Lipinski definition) is 0. The van der Waals surface area contributed by atoms with Crippen molar-refractivity contribution in [1.82, 2.24) is 9.88 Å². The summed E-state index contributed by atoms with van der Waals surface area (Å²) in [6.07, 6.45) is 5.67. The smallest absolute Gasteiger partial charge is 0.160 e. The Labute approximate surface area is 178 Å². The molecule has 5 rings (SSSR count). The van der Waals surface area contributed by atoms with Crippen LogP contribution in [0.25, 0.3) is 0 Å². The van der Waals surface area contributed by atoms with E-state index in [1.54, 1.807) is 0 Å². The molecule has 0 spiro atoms. The van der Waals surface area contributed by atoms with Gasteiger partial charge in [0.05, 0.1) is 11.7 Å². The molecule has 2 aromatic rings. The van der Waals surface area contributed by atoms with Gasteiger partial charge in [-0.25, -0.2) is 0 Å². The van der Waals surface area contributed by atoms with E-state index in [2.05, 4.69) is 54.8 Å². The summed E-state index contributed by atoms with van der Waals surface area (Å²) in [5, 5.41) is 1.21. The van der Waals surface area contributed by atoms with Crippen molar-refractivity contribution in [2.24, 2.45) is 4.99 Å². The van der Waals surface area contributed by atoms with Gasteiger partial charge in [0.1, 0.15) is 6.04 Å². The van der Waals surface area contributed by atoms with Gasteiger partial charge in [0, 0.05) is 36.8 Å². The van der Waals surface area contributed by atoms with Crippen LogP contribution in [0.3, 0.4) is 0 Å². The third kappa shape index (κ3) is 3.24. The van der Waals surface area contributed by atoms with Crippen molar-refractivity contribution in [3.8, 4) is 0 Å². The third-order valence-electron chi connectivity index (χ3n) is 6.68. The van der Waals surface area contributed by atoms with Crippen LogP contribution in [0.15, 0.2) is 41.5 Å². The normalized spacial score (nSPS) is 26.2. The lowest BCUT2D eigenvalue weighted by molar-refractivity contribution is 0.254. The molecular weight excluding hydrogens is 376 g/mol. The largest absolute Gasteiger partial charge is 0.371 e. The fourth-order valence-corrected chi connectivity index (χ4v) is 6.46. The highest BCUT2D eigenvalue weighted by Crippen LogP contribution is 2.49. The van der Waals surface area contributed by atoms with Crippen molar-refractivity contribution < 1.29 is 0 Å². The molecule has 3 aliphatic rings. The number of pyridine rings is 1. The van der Waals surface area contributed by atoms with Gasteiger partial charge in [-0.1, -0.05) is 30.8 Å². The molecule has 5 heteroatoms. The second-order valence-electron chi connectivity index (χ2n) is 8.53. The van der Waals surface area contributed by atoms with Crippen LogP contribution in [-0.4, -0.2) is 39.9 Å². The van der Waals surface area contributed by atoms with Crippen LogP contribution >= 0.6 is 11.8 Å². The van der Waals surface area contributed by atoms with Crippen LogP contribution in [0.1, 0.15) is 60.7 Å². The lowest BCUT2D eigenvalue weighted by Crippen LogP contribution is -2.35. The lowest BCUT2D eigenvalue weighted by Gasteiger charge is -2.33. The highest BCUT2D eigenvalue weighted by Gasteiger charge is 2.46. The zero-order valence-electron chi connectivity index (χ0n) is 17.6. The summed E-state index contributed by atoms with van der Waals surface area (Å²) in [4.78, 5) is 15.0. The fraction of sp³-hybridized carbons (Fsp3) is 0.500. The van der Waals surface area contributed by atoms with E-state index in [4.69, 9.17) is 9.98 Å². The number of thioether (sulfide) groups is 1. The minimum atomic E-state index is 0.0730. The van der Waals surface area contributed by atoms with Crippen LogP contribution in [0, 0.1) is 13.8 Å². The maximum Gasteiger partial charge on any atom is 0.160 e. The summed E-state index contributed by atoms with van der Waals surface area (Å²) in [5.41, 5.74) is 6.68. The topological polar surface area (TPSA) is 31.7 Å². The second-order valence-corrected chi connectivity index (χ2v) is 9.51. The molecule has 0 unspecified atom stereocenters. The van der Waals surface area contributed by atoms with Gasteiger partial charge in [-0.05, 0) is 68.0 Å². The van der Waals surface area contributed by atoms with Crippen LogP contribution in [0.2, 0.25) is 0 Å². The summed E-state index contributed by atoms with van der Waals surface area (Å²) in [7, 11) is 0. The average molecular weight is 407 g/mol. The first-order valence-electron chi connectivity index (χ1n) is 10.9. The second kappa shape index (κ2) is 7.67. The first kappa shape index (κ1) is 19.0. The van der Waals surface area contributed by atoms with Gasteiger partial charge in [0.2, 0.25) is 0 Å². The van der Waals surface area contributed by atoms with Crippen LogP contribution < -0.4 is 4.90 Å². The molecule has 0 aliphatic carbocycles. The van der Waals surface area contributed by atoms with Crippen molar-refractivity contribution in [2.75, 3.05) is 23.7 Å². The number of aliphatic imine (C=N–C) groups is 1. The molecule has 2 fully saturated rings. The highest BCUT2D eigenvalue weighted by atomic mass is 32.2. The number of rotatable bonds is 4. The zero-order valence-corrected chi connectivity index (χ0v) is 18.5. The molecular formula is C24H30N4S. The number of aromatic nitrogens is 1. The van der Waals surface area contributed by atoms with Gasteiger partial charge >= 0.3 is 0 Å². The monoisotopic (exact) mass is 406 g/mol. The number of fused-ring (bicyclic) bond motifs is 1. The van der Waals surface area contributed by atoms with Gasteiger partial charge < -0.3 is 9.80 Å². The number of aryl methyl sites for hydroxylation is 2. The quantitative estimate of drug-likeness (QED) is 0.691. The first-order chi connectivity index (χ1) is 14.2. The van der Waals surface area contributed by atoms with E-state index < -0.39 is 0 Å². The molecule has 3 atom stereocenters. The molecule has 2 saturated heterocycles. The van der Waals surface area contributed by atoms with E-state index in [0.29, 0.717) is 6.04 Å². The Morgan fingerprint density at radius 2 is 1.93 bits per heavy atom. The Hall–Kier alpha value is -2.01. The van der Waals surface area contributed by atoms with Crippen LogP contribution in [0.5, 0.6) is 0 Å². The van der Waals surface area contributed by atoms with E-state index in [1.165, 1.54) is 53.5 Å². The molecule has 3 aliphatic heterocycles. The van der Waals surface area contributed by atoms with E-state index in [-0.39, 0.29) is 12.1 Å².